The summed E-state index contributed by atoms with van der Waals surface area (Å²) in [5.41, 5.74) is 0.854. The summed E-state index contributed by atoms with van der Waals surface area (Å²) in [6.45, 7) is 5.05. The Morgan fingerprint density at radius 2 is 1.21 bits per heavy atom. The molecule has 0 spiro atoms. The van der Waals surface area contributed by atoms with Crippen LogP contribution in [0.25, 0.3) is 0 Å². The van der Waals surface area contributed by atoms with Crippen LogP contribution < -0.4 is 0 Å². The van der Waals surface area contributed by atoms with Crippen molar-refractivity contribution in [2.45, 2.75) is 141 Å². The lowest BCUT2D eigenvalue weighted by Crippen LogP contribution is -2.31. The Morgan fingerprint density at radius 3 is 1.82 bits per heavy atom. The van der Waals surface area contributed by atoms with Gasteiger partial charge in [-0.15, -0.1) is 0 Å². The van der Waals surface area contributed by atoms with E-state index in [1.807, 2.05) is 36.4 Å². The van der Waals surface area contributed by atoms with E-state index < -0.39 is 5.60 Å². The van der Waals surface area contributed by atoms with Gasteiger partial charge >= 0.3 is 0 Å². The van der Waals surface area contributed by atoms with Crippen LogP contribution in [0.4, 0.5) is 0 Å². The summed E-state index contributed by atoms with van der Waals surface area (Å²) in [4.78, 5) is 0. The third kappa shape index (κ3) is 14.2. The minimum absolute atomic E-state index is 0.0380. The fourth-order valence-corrected chi connectivity index (χ4v) is 5.03. The lowest BCUT2D eigenvalue weighted by molar-refractivity contribution is -0.0257. The molecular formula is C36H54O2. The van der Waals surface area contributed by atoms with E-state index in [-0.39, 0.29) is 6.10 Å². The molecule has 0 aromatic heterocycles. The Labute approximate surface area is 234 Å². The normalized spacial score (nSPS) is 13.4. The molecule has 38 heavy (non-hydrogen) atoms. The molecule has 2 aromatic carbocycles. The first-order valence-electron chi connectivity index (χ1n) is 15.6. The van der Waals surface area contributed by atoms with E-state index in [0.717, 1.165) is 31.2 Å². The first kappa shape index (κ1) is 32.1. The molecule has 2 atom stereocenters. The number of unbranched alkanes of at least 4 members (excludes halogenated alkanes) is 13. The van der Waals surface area contributed by atoms with Crippen molar-refractivity contribution >= 4 is 0 Å². The minimum atomic E-state index is -1.19. The highest BCUT2D eigenvalue weighted by molar-refractivity contribution is 5.32. The summed E-state index contributed by atoms with van der Waals surface area (Å²) >= 11 is 0. The van der Waals surface area contributed by atoms with Crippen molar-refractivity contribution in [2.24, 2.45) is 0 Å². The zero-order valence-electron chi connectivity index (χ0n) is 24.4. The second-order valence-electron chi connectivity index (χ2n) is 10.9. The van der Waals surface area contributed by atoms with Crippen LogP contribution in [0.3, 0.4) is 0 Å². The molecule has 2 rings (SSSR count). The quantitative estimate of drug-likeness (QED) is 0.132. The molecule has 1 N–H and O–H groups in total. The molecule has 210 valence electrons. The van der Waals surface area contributed by atoms with Crippen LogP contribution >= 0.6 is 0 Å². The summed E-state index contributed by atoms with van der Waals surface area (Å²) in [5.74, 6) is 6.56. The molecule has 0 radical (unpaired) electrons. The van der Waals surface area contributed by atoms with Crippen LogP contribution in [0.15, 0.2) is 60.7 Å². The fraction of sp³-hybridized carbons (Fsp3) is 0.611. The van der Waals surface area contributed by atoms with Gasteiger partial charge < -0.3 is 9.84 Å². The average Bonchev–Trinajstić information content (AvgIpc) is 2.95. The Balaban J connectivity index is 1.93. The summed E-state index contributed by atoms with van der Waals surface area (Å²) in [6, 6.07) is 20.3. The van der Waals surface area contributed by atoms with E-state index in [4.69, 9.17) is 4.74 Å². The number of benzene rings is 2. The smallest absolute Gasteiger partial charge is 0.153 e. The Morgan fingerprint density at radius 1 is 0.684 bits per heavy atom. The van der Waals surface area contributed by atoms with Gasteiger partial charge in [0.2, 0.25) is 0 Å². The second-order valence-corrected chi connectivity index (χ2v) is 10.9. The number of hydrogen-bond donors (Lipinski definition) is 1. The van der Waals surface area contributed by atoms with Gasteiger partial charge in [0.15, 0.2) is 5.60 Å². The van der Waals surface area contributed by atoms with Gasteiger partial charge in [-0.25, -0.2) is 0 Å². The highest BCUT2D eigenvalue weighted by Crippen LogP contribution is 2.30. The SMILES string of the molecule is CCCCCC#CC(O)(C[C@H](CCCCCCCCCCCCC)OCc1ccccc1)c1ccccc1. The maximum atomic E-state index is 11.8. The van der Waals surface area contributed by atoms with Crippen molar-refractivity contribution in [3.05, 3.63) is 71.8 Å². The van der Waals surface area contributed by atoms with Crippen molar-refractivity contribution in [1.29, 1.82) is 0 Å². The Bertz CT molecular complexity index is 866. The molecule has 0 aliphatic heterocycles. The van der Waals surface area contributed by atoms with E-state index in [2.05, 4.69) is 50.0 Å². The summed E-state index contributed by atoms with van der Waals surface area (Å²) in [6.07, 6.45) is 20.3. The topological polar surface area (TPSA) is 29.5 Å². The van der Waals surface area contributed by atoms with E-state index in [1.165, 1.54) is 82.6 Å². The van der Waals surface area contributed by atoms with Gasteiger partial charge in [-0.1, -0.05) is 170 Å². The average molecular weight is 519 g/mol. The molecule has 0 aliphatic rings. The largest absolute Gasteiger partial charge is 0.373 e. The van der Waals surface area contributed by atoms with E-state index in [9.17, 15) is 5.11 Å². The number of rotatable bonds is 21. The lowest BCUT2D eigenvalue weighted by Gasteiger charge is -2.29. The van der Waals surface area contributed by atoms with Crippen molar-refractivity contribution in [1.82, 2.24) is 0 Å². The monoisotopic (exact) mass is 518 g/mol. The van der Waals surface area contributed by atoms with Crippen molar-refractivity contribution in [3.63, 3.8) is 0 Å². The van der Waals surface area contributed by atoms with Crippen LogP contribution in [-0.2, 0) is 16.9 Å². The van der Waals surface area contributed by atoms with Gasteiger partial charge in [0.1, 0.15) is 0 Å². The predicted molar refractivity (Wildman–Crippen MR) is 163 cm³/mol. The van der Waals surface area contributed by atoms with Crippen LogP contribution in [0.2, 0.25) is 0 Å². The van der Waals surface area contributed by atoms with Crippen LogP contribution in [0.5, 0.6) is 0 Å². The molecule has 2 nitrogen and oxygen atoms in total. The molecule has 0 bridgehead atoms. The van der Waals surface area contributed by atoms with Gasteiger partial charge in [0, 0.05) is 12.8 Å². The second kappa shape index (κ2) is 20.8. The van der Waals surface area contributed by atoms with Gasteiger partial charge in [-0.3, -0.25) is 0 Å². The standard InChI is InChI=1S/C36H54O2/c1-3-5-7-9-10-11-12-13-14-15-23-29-35(38-32-33-25-19-17-20-26-33)31-36(37,30-24-16-8-6-4-2)34-27-21-18-22-28-34/h17-22,25-28,35,37H,3-16,23,29,31-32H2,1-2H3/t35-,36?/m0/s1. The molecular weight excluding hydrogens is 464 g/mol. The maximum Gasteiger partial charge on any atom is 0.153 e. The van der Waals surface area contributed by atoms with E-state index in [0.29, 0.717) is 13.0 Å². The summed E-state index contributed by atoms with van der Waals surface area (Å²) < 4.78 is 6.45. The number of ether oxygens (including phenoxy) is 1. The molecule has 1 unspecified atom stereocenters. The van der Waals surface area contributed by atoms with Crippen LogP contribution in [-0.4, -0.2) is 11.2 Å². The fourth-order valence-electron chi connectivity index (χ4n) is 5.03. The van der Waals surface area contributed by atoms with E-state index >= 15 is 0 Å². The lowest BCUT2D eigenvalue weighted by atomic mass is 9.87. The Kier molecular flexibility index (Phi) is 17.6. The molecule has 0 saturated heterocycles. The van der Waals surface area contributed by atoms with Gasteiger partial charge in [0.25, 0.3) is 0 Å². The van der Waals surface area contributed by atoms with Gasteiger partial charge in [-0.2, -0.15) is 0 Å². The molecule has 0 aliphatic carbocycles. The highest BCUT2D eigenvalue weighted by Gasteiger charge is 2.31. The van der Waals surface area contributed by atoms with Gasteiger partial charge in [0.05, 0.1) is 12.7 Å². The maximum absolute atomic E-state index is 11.8. The third-order valence-corrected chi connectivity index (χ3v) is 7.43. The molecule has 2 aromatic rings. The molecule has 0 fully saturated rings. The molecule has 0 saturated carbocycles. The molecule has 2 heteroatoms. The van der Waals surface area contributed by atoms with Crippen molar-refractivity contribution in [3.8, 4) is 11.8 Å². The molecule has 0 heterocycles. The number of aliphatic hydroxyl groups is 1. The predicted octanol–water partition coefficient (Wildman–Crippen LogP) is 10.1. The first-order chi connectivity index (χ1) is 18.7. The first-order valence-corrected chi connectivity index (χ1v) is 15.6. The van der Waals surface area contributed by atoms with Gasteiger partial charge in [-0.05, 0) is 24.0 Å². The van der Waals surface area contributed by atoms with Crippen molar-refractivity contribution in [2.75, 3.05) is 0 Å². The minimum Gasteiger partial charge on any atom is -0.373 e. The molecule has 0 amide bonds. The highest BCUT2D eigenvalue weighted by atomic mass is 16.5. The summed E-state index contributed by atoms with van der Waals surface area (Å²) in [7, 11) is 0. The van der Waals surface area contributed by atoms with Crippen molar-refractivity contribution < 1.29 is 9.84 Å². The van der Waals surface area contributed by atoms with Crippen LogP contribution in [0.1, 0.15) is 134 Å². The zero-order chi connectivity index (χ0) is 27.2. The van der Waals surface area contributed by atoms with E-state index in [1.54, 1.807) is 0 Å². The zero-order valence-corrected chi connectivity index (χ0v) is 24.4. The van der Waals surface area contributed by atoms with Crippen LogP contribution in [0, 0.1) is 11.8 Å². The Hall–Kier alpha value is -2.08. The number of hydrogen-bond acceptors (Lipinski definition) is 2. The third-order valence-electron chi connectivity index (χ3n) is 7.43. The summed E-state index contributed by atoms with van der Waals surface area (Å²) in [5, 5.41) is 11.8.